The first-order chi connectivity index (χ1) is 11.0. The number of nitro benzene ring substituents is 1. The number of amides is 1. The zero-order chi connectivity index (χ0) is 16.4. The summed E-state index contributed by atoms with van der Waals surface area (Å²) in [7, 11) is 0. The monoisotopic (exact) mass is 373 g/mol. The van der Waals surface area contributed by atoms with Crippen LogP contribution in [-0.2, 0) is 11.3 Å². The largest absolute Gasteiger partial charge is 0.338 e. The molecule has 0 fully saturated rings. The Morgan fingerprint density at radius 1 is 1.22 bits per heavy atom. The zero-order valence-electron chi connectivity index (χ0n) is 11.9. The fourth-order valence-corrected chi connectivity index (χ4v) is 2.77. The van der Waals surface area contributed by atoms with Gasteiger partial charge in [-0.3, -0.25) is 14.9 Å². The fourth-order valence-electron chi connectivity index (χ4n) is 2.39. The van der Waals surface area contributed by atoms with Gasteiger partial charge in [-0.15, -0.1) is 0 Å². The van der Waals surface area contributed by atoms with Crippen LogP contribution in [0.5, 0.6) is 0 Å². The number of nitrogens with one attached hydrogen (secondary N) is 1. The molecule has 1 aromatic heterocycles. The standard InChI is InChI=1S/C16H12BrN3O3/c17-12-5-6-14-11(9-12)7-8-19(14)10-16(21)18-13-3-1-2-4-15(13)20(22)23/h1-9H,10H2,(H,18,21). The van der Waals surface area contributed by atoms with E-state index in [2.05, 4.69) is 21.2 Å². The van der Waals surface area contributed by atoms with E-state index < -0.39 is 4.92 Å². The van der Waals surface area contributed by atoms with Gasteiger partial charge in [0.05, 0.1) is 4.92 Å². The summed E-state index contributed by atoms with van der Waals surface area (Å²) in [5.74, 6) is -0.320. The van der Waals surface area contributed by atoms with Gasteiger partial charge in [-0.25, -0.2) is 0 Å². The highest BCUT2D eigenvalue weighted by Crippen LogP contribution is 2.24. The zero-order valence-corrected chi connectivity index (χ0v) is 13.5. The van der Waals surface area contributed by atoms with Crippen molar-refractivity contribution >= 4 is 44.1 Å². The van der Waals surface area contributed by atoms with Crippen molar-refractivity contribution in [3.05, 3.63) is 69.3 Å². The minimum absolute atomic E-state index is 0.0805. The molecule has 6 nitrogen and oxygen atoms in total. The second-order valence-corrected chi connectivity index (χ2v) is 5.88. The van der Waals surface area contributed by atoms with Gasteiger partial charge in [0.25, 0.3) is 5.69 Å². The van der Waals surface area contributed by atoms with Crippen molar-refractivity contribution < 1.29 is 9.72 Å². The van der Waals surface area contributed by atoms with Crippen molar-refractivity contribution in [3.8, 4) is 0 Å². The number of benzene rings is 2. The second-order valence-electron chi connectivity index (χ2n) is 4.97. The maximum absolute atomic E-state index is 12.2. The molecule has 7 heteroatoms. The predicted molar refractivity (Wildman–Crippen MR) is 91.4 cm³/mol. The van der Waals surface area contributed by atoms with Crippen molar-refractivity contribution in [2.45, 2.75) is 6.54 Å². The van der Waals surface area contributed by atoms with Crippen LogP contribution in [0.2, 0.25) is 0 Å². The predicted octanol–water partition coefficient (Wildman–Crippen LogP) is 3.95. The lowest BCUT2D eigenvalue weighted by atomic mass is 10.2. The Bertz CT molecular complexity index is 904. The molecule has 3 rings (SSSR count). The van der Waals surface area contributed by atoms with E-state index in [1.54, 1.807) is 16.7 Å². The molecule has 0 unspecified atom stereocenters. The molecule has 0 bridgehead atoms. The van der Waals surface area contributed by atoms with Crippen molar-refractivity contribution in [1.29, 1.82) is 0 Å². The second kappa shape index (κ2) is 6.21. The summed E-state index contributed by atoms with van der Waals surface area (Å²) < 4.78 is 2.76. The lowest BCUT2D eigenvalue weighted by Gasteiger charge is -2.08. The lowest BCUT2D eigenvalue weighted by molar-refractivity contribution is -0.383. The van der Waals surface area contributed by atoms with Crippen LogP contribution < -0.4 is 5.32 Å². The highest BCUT2D eigenvalue weighted by molar-refractivity contribution is 9.10. The van der Waals surface area contributed by atoms with E-state index in [1.807, 2.05) is 30.5 Å². The Labute approximate surface area is 140 Å². The van der Waals surface area contributed by atoms with E-state index in [9.17, 15) is 14.9 Å². The van der Waals surface area contributed by atoms with Crippen LogP contribution in [0.25, 0.3) is 10.9 Å². The molecule has 0 spiro atoms. The summed E-state index contributed by atoms with van der Waals surface area (Å²) in [6, 6.07) is 13.8. The molecule has 0 saturated carbocycles. The minimum atomic E-state index is -0.516. The lowest BCUT2D eigenvalue weighted by Crippen LogP contribution is -2.18. The number of nitrogens with zero attached hydrogens (tertiary/aromatic N) is 2. The van der Waals surface area contributed by atoms with Gasteiger partial charge >= 0.3 is 0 Å². The maximum atomic E-state index is 12.2. The average molecular weight is 374 g/mol. The highest BCUT2D eigenvalue weighted by atomic mass is 79.9. The number of carbonyl (C=O) groups is 1. The van der Waals surface area contributed by atoms with Crippen LogP contribution in [0.15, 0.2) is 59.2 Å². The Morgan fingerprint density at radius 2 is 2.00 bits per heavy atom. The molecule has 0 aliphatic heterocycles. The smallest absolute Gasteiger partial charge is 0.292 e. The minimum Gasteiger partial charge on any atom is -0.338 e. The van der Waals surface area contributed by atoms with Crippen LogP contribution in [0.1, 0.15) is 0 Å². The normalized spacial score (nSPS) is 10.7. The number of fused-ring (bicyclic) bond motifs is 1. The molecular weight excluding hydrogens is 362 g/mol. The molecule has 2 aromatic carbocycles. The van der Waals surface area contributed by atoms with Crippen LogP contribution in [0.3, 0.4) is 0 Å². The van der Waals surface area contributed by atoms with Crippen molar-refractivity contribution in [1.82, 2.24) is 4.57 Å². The van der Waals surface area contributed by atoms with Gasteiger partial charge in [-0.1, -0.05) is 28.1 Å². The quantitative estimate of drug-likeness (QED) is 0.555. The molecule has 23 heavy (non-hydrogen) atoms. The Balaban J connectivity index is 1.81. The molecule has 1 amide bonds. The third-order valence-electron chi connectivity index (χ3n) is 3.42. The molecular formula is C16H12BrN3O3. The van der Waals surface area contributed by atoms with E-state index >= 15 is 0 Å². The summed E-state index contributed by atoms with van der Waals surface area (Å²) >= 11 is 3.41. The van der Waals surface area contributed by atoms with Crippen molar-refractivity contribution in [3.63, 3.8) is 0 Å². The SMILES string of the molecule is O=C(Cn1ccc2cc(Br)ccc21)Nc1ccccc1[N+](=O)[O-]. The maximum Gasteiger partial charge on any atom is 0.292 e. The van der Waals surface area contributed by atoms with Crippen LogP contribution >= 0.6 is 15.9 Å². The van der Waals surface area contributed by atoms with Gasteiger partial charge in [0.2, 0.25) is 5.91 Å². The Hall–Kier alpha value is -2.67. The summed E-state index contributed by atoms with van der Waals surface area (Å²) in [5, 5.41) is 14.6. The van der Waals surface area contributed by atoms with E-state index in [-0.39, 0.29) is 23.8 Å². The molecule has 0 atom stereocenters. The summed E-state index contributed by atoms with van der Waals surface area (Å²) in [6.45, 7) is 0.0805. The van der Waals surface area contributed by atoms with Gasteiger partial charge < -0.3 is 9.88 Å². The first-order valence-corrected chi connectivity index (χ1v) is 7.61. The molecule has 1 N–H and O–H groups in total. The number of aromatic nitrogens is 1. The van der Waals surface area contributed by atoms with E-state index in [4.69, 9.17) is 0 Å². The number of hydrogen-bond donors (Lipinski definition) is 1. The number of rotatable bonds is 4. The van der Waals surface area contributed by atoms with Crippen LogP contribution in [0.4, 0.5) is 11.4 Å². The number of halogens is 1. The molecule has 0 aliphatic rings. The number of hydrogen-bond acceptors (Lipinski definition) is 3. The van der Waals surface area contributed by atoms with E-state index in [1.165, 1.54) is 12.1 Å². The summed E-state index contributed by atoms with van der Waals surface area (Å²) in [6.07, 6.45) is 1.82. The van der Waals surface area contributed by atoms with Gasteiger partial charge in [0, 0.05) is 27.6 Å². The van der Waals surface area contributed by atoms with E-state index in [0.717, 1.165) is 15.4 Å². The van der Waals surface area contributed by atoms with Crippen molar-refractivity contribution in [2.75, 3.05) is 5.32 Å². The van der Waals surface area contributed by atoms with Gasteiger partial charge in [0.15, 0.2) is 0 Å². The highest BCUT2D eigenvalue weighted by Gasteiger charge is 2.15. The Morgan fingerprint density at radius 3 is 2.78 bits per heavy atom. The van der Waals surface area contributed by atoms with Crippen molar-refractivity contribution in [2.24, 2.45) is 0 Å². The molecule has 1 heterocycles. The number of para-hydroxylation sites is 2. The third-order valence-corrected chi connectivity index (χ3v) is 3.92. The van der Waals surface area contributed by atoms with Gasteiger partial charge in [0.1, 0.15) is 12.2 Å². The van der Waals surface area contributed by atoms with Gasteiger partial charge in [-0.2, -0.15) is 0 Å². The first kappa shape index (κ1) is 15.2. The van der Waals surface area contributed by atoms with E-state index in [0.29, 0.717) is 0 Å². The number of nitro groups is 1. The number of carbonyl (C=O) groups excluding carboxylic acids is 1. The molecule has 116 valence electrons. The first-order valence-electron chi connectivity index (χ1n) is 6.82. The molecule has 0 saturated heterocycles. The molecule has 0 aliphatic carbocycles. The Kier molecular flexibility index (Phi) is 4.12. The summed E-state index contributed by atoms with van der Waals surface area (Å²) in [5.41, 5.74) is 0.995. The topological polar surface area (TPSA) is 77.2 Å². The molecule has 0 radical (unpaired) electrons. The molecule has 3 aromatic rings. The summed E-state index contributed by atoms with van der Waals surface area (Å²) in [4.78, 5) is 22.7. The third kappa shape index (κ3) is 3.24. The number of anilines is 1. The fraction of sp³-hybridized carbons (Fsp3) is 0.0625. The van der Waals surface area contributed by atoms with Gasteiger partial charge in [-0.05, 0) is 30.3 Å². The van der Waals surface area contributed by atoms with Crippen LogP contribution in [0, 0.1) is 10.1 Å². The van der Waals surface area contributed by atoms with Crippen LogP contribution in [-0.4, -0.2) is 15.4 Å². The average Bonchev–Trinajstić information content (AvgIpc) is 2.89.